The van der Waals surface area contributed by atoms with E-state index in [0.29, 0.717) is 24.2 Å². The van der Waals surface area contributed by atoms with Crippen molar-refractivity contribution in [2.24, 2.45) is 0 Å². The van der Waals surface area contributed by atoms with Gasteiger partial charge in [-0.05, 0) is 30.2 Å². The lowest BCUT2D eigenvalue weighted by Gasteiger charge is -2.08. The largest absolute Gasteiger partial charge is 0.375 e. The molecule has 5 heteroatoms. The molecule has 2 aromatic rings. The van der Waals surface area contributed by atoms with Crippen LogP contribution in [0.25, 0.3) is 6.08 Å². The third-order valence-corrected chi connectivity index (χ3v) is 3.35. The van der Waals surface area contributed by atoms with Gasteiger partial charge in [-0.3, -0.25) is 9.59 Å². The van der Waals surface area contributed by atoms with E-state index in [1.165, 1.54) is 7.11 Å². The van der Waals surface area contributed by atoms with Gasteiger partial charge in [-0.2, -0.15) is 0 Å². The summed E-state index contributed by atoms with van der Waals surface area (Å²) in [6.07, 6.45) is 5.03. The predicted octanol–water partition coefficient (Wildman–Crippen LogP) is 3.70. The van der Waals surface area contributed by atoms with Gasteiger partial charge < -0.3 is 15.4 Å². The second kappa shape index (κ2) is 10.1. The van der Waals surface area contributed by atoms with Gasteiger partial charge in [-0.25, -0.2) is 0 Å². The summed E-state index contributed by atoms with van der Waals surface area (Å²) in [4.78, 5) is 23.5. The van der Waals surface area contributed by atoms with Crippen LogP contribution in [0.15, 0.2) is 60.7 Å². The van der Waals surface area contributed by atoms with Crippen molar-refractivity contribution in [2.75, 3.05) is 24.4 Å². The predicted molar refractivity (Wildman–Crippen MR) is 100 cm³/mol. The van der Waals surface area contributed by atoms with Gasteiger partial charge in [0.05, 0.1) is 0 Å². The number of hydrogen-bond donors (Lipinski definition) is 2. The highest BCUT2D eigenvalue weighted by molar-refractivity contribution is 5.94. The zero-order valence-electron chi connectivity index (χ0n) is 14.2. The van der Waals surface area contributed by atoms with E-state index in [2.05, 4.69) is 10.6 Å². The molecule has 0 aliphatic rings. The Labute approximate surface area is 147 Å². The smallest absolute Gasteiger partial charge is 0.250 e. The summed E-state index contributed by atoms with van der Waals surface area (Å²) < 4.78 is 4.77. The van der Waals surface area contributed by atoms with E-state index in [1.54, 1.807) is 24.3 Å². The summed E-state index contributed by atoms with van der Waals surface area (Å²) in [6, 6.07) is 17.0. The minimum absolute atomic E-state index is 0.00959. The van der Waals surface area contributed by atoms with Crippen LogP contribution in [-0.2, 0) is 14.3 Å². The molecule has 2 amide bonds. The van der Waals surface area contributed by atoms with E-state index in [0.717, 1.165) is 5.56 Å². The van der Waals surface area contributed by atoms with Crippen LogP contribution in [0.1, 0.15) is 18.4 Å². The SMILES string of the molecule is COCC(=O)Nc1cccc(NC(=O)CC/C=C/c2ccccc2)c1. The maximum Gasteiger partial charge on any atom is 0.250 e. The Kier molecular flexibility index (Phi) is 7.41. The third-order valence-electron chi connectivity index (χ3n) is 3.35. The number of amides is 2. The standard InChI is InChI=1S/C20H22N2O3/c1-25-15-20(24)22-18-12-7-11-17(14-18)21-19(23)13-6-5-10-16-8-3-2-4-9-16/h2-5,7-12,14H,6,13,15H2,1H3,(H,21,23)(H,22,24)/b10-5+. The van der Waals surface area contributed by atoms with Crippen molar-refractivity contribution in [1.29, 1.82) is 0 Å². The van der Waals surface area contributed by atoms with Crippen LogP contribution in [0.3, 0.4) is 0 Å². The summed E-state index contributed by atoms with van der Waals surface area (Å²) in [5.41, 5.74) is 2.37. The first-order valence-electron chi connectivity index (χ1n) is 8.07. The lowest BCUT2D eigenvalue weighted by atomic mass is 10.2. The Morgan fingerprint density at radius 3 is 2.32 bits per heavy atom. The first kappa shape index (κ1) is 18.4. The molecule has 0 unspecified atom stereocenters. The number of benzene rings is 2. The van der Waals surface area contributed by atoms with Gasteiger partial charge in [0.1, 0.15) is 6.61 Å². The number of anilines is 2. The van der Waals surface area contributed by atoms with Gasteiger partial charge in [-0.1, -0.05) is 48.6 Å². The third kappa shape index (κ3) is 7.01. The van der Waals surface area contributed by atoms with E-state index in [9.17, 15) is 9.59 Å². The molecule has 0 atom stereocenters. The highest BCUT2D eigenvalue weighted by Gasteiger charge is 2.04. The molecule has 0 saturated carbocycles. The monoisotopic (exact) mass is 338 g/mol. The first-order chi connectivity index (χ1) is 12.2. The van der Waals surface area contributed by atoms with Crippen molar-refractivity contribution in [3.8, 4) is 0 Å². The number of nitrogens with one attached hydrogen (secondary N) is 2. The second-order valence-electron chi connectivity index (χ2n) is 5.46. The lowest BCUT2D eigenvalue weighted by molar-refractivity contribution is -0.119. The summed E-state index contributed by atoms with van der Waals surface area (Å²) in [7, 11) is 1.46. The molecule has 25 heavy (non-hydrogen) atoms. The molecule has 2 aromatic carbocycles. The van der Waals surface area contributed by atoms with Crippen molar-refractivity contribution in [1.82, 2.24) is 0 Å². The Balaban J connectivity index is 1.80. The average molecular weight is 338 g/mol. The van der Waals surface area contributed by atoms with E-state index < -0.39 is 0 Å². The van der Waals surface area contributed by atoms with E-state index in [-0.39, 0.29) is 18.4 Å². The summed E-state index contributed by atoms with van der Waals surface area (Å²) in [5, 5.41) is 5.53. The molecule has 2 N–H and O–H groups in total. The fourth-order valence-electron chi connectivity index (χ4n) is 2.22. The number of allylic oxidation sites excluding steroid dienone is 1. The van der Waals surface area contributed by atoms with Crippen LogP contribution >= 0.6 is 0 Å². The Bertz CT molecular complexity index is 727. The molecule has 2 rings (SSSR count). The lowest BCUT2D eigenvalue weighted by Crippen LogP contribution is -2.17. The van der Waals surface area contributed by atoms with Gasteiger partial charge in [0, 0.05) is 24.9 Å². The molecule has 0 aliphatic heterocycles. The zero-order valence-corrected chi connectivity index (χ0v) is 14.2. The molecular formula is C20H22N2O3. The van der Waals surface area contributed by atoms with E-state index >= 15 is 0 Å². The molecule has 0 aliphatic carbocycles. The van der Waals surface area contributed by atoms with Crippen molar-refractivity contribution >= 4 is 29.3 Å². The van der Waals surface area contributed by atoms with Crippen molar-refractivity contribution < 1.29 is 14.3 Å². The normalized spacial score (nSPS) is 10.6. The number of carbonyl (C=O) groups is 2. The average Bonchev–Trinajstić information content (AvgIpc) is 2.60. The molecule has 0 spiro atoms. The molecule has 0 heterocycles. The van der Waals surface area contributed by atoms with Crippen LogP contribution in [-0.4, -0.2) is 25.5 Å². The Hall–Kier alpha value is -2.92. The van der Waals surface area contributed by atoms with E-state index in [1.807, 2.05) is 42.5 Å². The van der Waals surface area contributed by atoms with Gasteiger partial charge in [0.25, 0.3) is 0 Å². The van der Waals surface area contributed by atoms with Gasteiger partial charge in [0.15, 0.2) is 0 Å². The van der Waals surface area contributed by atoms with Crippen LogP contribution in [0, 0.1) is 0 Å². The van der Waals surface area contributed by atoms with Crippen LogP contribution < -0.4 is 10.6 Å². The van der Waals surface area contributed by atoms with Crippen LogP contribution in [0.2, 0.25) is 0 Å². The minimum atomic E-state index is -0.239. The fraction of sp³-hybridized carbons (Fsp3) is 0.200. The molecule has 0 saturated heterocycles. The molecule has 0 fully saturated rings. The quantitative estimate of drug-likeness (QED) is 0.771. The maximum absolute atomic E-state index is 12.0. The number of carbonyl (C=O) groups excluding carboxylic acids is 2. The van der Waals surface area contributed by atoms with Crippen molar-refractivity contribution in [3.05, 3.63) is 66.2 Å². The number of hydrogen-bond acceptors (Lipinski definition) is 3. The summed E-state index contributed by atoms with van der Waals surface area (Å²) in [6.45, 7) is -0.00959. The molecular weight excluding hydrogens is 316 g/mol. The molecule has 0 bridgehead atoms. The van der Waals surface area contributed by atoms with Gasteiger partial charge in [0.2, 0.25) is 11.8 Å². The van der Waals surface area contributed by atoms with Gasteiger partial charge in [-0.15, -0.1) is 0 Å². The molecule has 0 radical (unpaired) electrons. The van der Waals surface area contributed by atoms with E-state index in [4.69, 9.17) is 4.74 Å². The topological polar surface area (TPSA) is 67.4 Å². The highest BCUT2D eigenvalue weighted by atomic mass is 16.5. The number of ether oxygens (including phenoxy) is 1. The number of methoxy groups -OCH3 is 1. The van der Waals surface area contributed by atoms with Crippen molar-refractivity contribution in [3.63, 3.8) is 0 Å². The fourth-order valence-corrected chi connectivity index (χ4v) is 2.22. The number of rotatable bonds is 8. The second-order valence-corrected chi connectivity index (χ2v) is 5.46. The van der Waals surface area contributed by atoms with Gasteiger partial charge >= 0.3 is 0 Å². The van der Waals surface area contributed by atoms with Crippen LogP contribution in [0.4, 0.5) is 11.4 Å². The van der Waals surface area contributed by atoms with Crippen LogP contribution in [0.5, 0.6) is 0 Å². The maximum atomic E-state index is 12.0. The first-order valence-corrected chi connectivity index (χ1v) is 8.07. The summed E-state index contributed by atoms with van der Waals surface area (Å²) in [5.74, 6) is -0.310. The minimum Gasteiger partial charge on any atom is -0.375 e. The highest BCUT2D eigenvalue weighted by Crippen LogP contribution is 2.15. The Morgan fingerprint density at radius 1 is 0.960 bits per heavy atom. The zero-order chi connectivity index (χ0) is 17.9. The Morgan fingerprint density at radius 2 is 1.64 bits per heavy atom. The van der Waals surface area contributed by atoms with Crippen molar-refractivity contribution in [2.45, 2.75) is 12.8 Å². The summed E-state index contributed by atoms with van der Waals surface area (Å²) >= 11 is 0. The molecule has 0 aromatic heterocycles. The molecule has 130 valence electrons. The molecule has 5 nitrogen and oxygen atoms in total.